The van der Waals surface area contributed by atoms with E-state index >= 15 is 0 Å². The molecular weight excluding hydrogens is 749 g/mol. The Bertz CT molecular complexity index is 2580. The lowest BCUT2D eigenvalue weighted by molar-refractivity contribution is -0.149. The Morgan fingerprint density at radius 3 is 2.40 bits per heavy atom. The zero-order valence-electron chi connectivity index (χ0n) is 32.0. The Balaban J connectivity index is 0.893. The molecule has 5 heterocycles. The number of carbonyl (C=O) groups is 4. The van der Waals surface area contributed by atoms with Crippen LogP contribution < -0.4 is 5.32 Å². The van der Waals surface area contributed by atoms with E-state index in [1.54, 1.807) is 46.7 Å². The molecule has 0 spiro atoms. The van der Waals surface area contributed by atoms with Crippen molar-refractivity contribution in [1.82, 2.24) is 39.4 Å². The summed E-state index contributed by atoms with van der Waals surface area (Å²) in [6.45, 7) is 6.29. The van der Waals surface area contributed by atoms with Gasteiger partial charge in [-0.2, -0.15) is 5.10 Å². The van der Waals surface area contributed by atoms with E-state index in [2.05, 4.69) is 25.7 Å². The number of carbonyl (C=O) groups excluding carboxylic acids is 4. The lowest BCUT2D eigenvalue weighted by atomic mass is 9.91. The topological polar surface area (TPSA) is 157 Å². The number of benzene rings is 3. The first-order chi connectivity index (χ1) is 28.0. The molecule has 6 aromatic rings. The van der Waals surface area contributed by atoms with E-state index in [-0.39, 0.29) is 54.1 Å². The fraction of sp³-hybridized carbons (Fsp3) is 0.286. The number of hydrogen-bond donors (Lipinski definition) is 1. The lowest BCUT2D eigenvalue weighted by Crippen LogP contribution is -2.44. The molecule has 0 bridgehead atoms. The number of hydrogen-bond acceptors (Lipinski definition) is 9. The van der Waals surface area contributed by atoms with E-state index in [9.17, 15) is 28.0 Å². The molecule has 58 heavy (non-hydrogen) atoms. The molecule has 296 valence electrons. The SMILES string of the molecule is CCOC(=O)C1c2ccc(F)c(F)c2CCN1C(=O)c1cccc(C(=O)N2CCC(n3cc(-c4ccc(NC(=O)c5cnn6c(C)cc(C)nc56)cc4)nn3)CC2)c1. The van der Waals surface area contributed by atoms with Crippen molar-refractivity contribution < 1.29 is 32.7 Å². The maximum Gasteiger partial charge on any atom is 0.333 e. The fourth-order valence-electron chi connectivity index (χ4n) is 7.75. The number of aryl methyl sites for hydroxylation is 2. The van der Waals surface area contributed by atoms with Gasteiger partial charge in [0.2, 0.25) is 0 Å². The standard InChI is InChI=1S/C42H39F2N9O5/c1-4-58-42(57)37-32-12-13-34(43)36(44)31(32)16-19-51(37)41(56)28-7-5-6-27(21-28)40(55)50-17-14-30(15-18-50)52-23-35(48-49-52)26-8-10-29(11-9-26)47-39(54)33-22-45-53-25(3)20-24(2)46-38(33)53/h5-13,20-23,30,37H,4,14-19H2,1-3H3,(H,47,54). The summed E-state index contributed by atoms with van der Waals surface area (Å²) < 4.78 is 37.4. The molecule has 1 saturated heterocycles. The molecule has 14 nitrogen and oxygen atoms in total. The number of esters is 1. The van der Waals surface area contributed by atoms with Crippen molar-refractivity contribution in [3.05, 3.63) is 130 Å². The van der Waals surface area contributed by atoms with Gasteiger partial charge in [-0.05, 0) is 93.6 Å². The van der Waals surface area contributed by atoms with E-state index in [1.807, 2.05) is 42.9 Å². The number of halogens is 2. The van der Waals surface area contributed by atoms with Crippen LogP contribution in [-0.2, 0) is 16.0 Å². The third kappa shape index (κ3) is 7.16. The zero-order valence-corrected chi connectivity index (χ0v) is 32.0. The smallest absolute Gasteiger partial charge is 0.333 e. The van der Waals surface area contributed by atoms with Crippen molar-refractivity contribution in [2.24, 2.45) is 0 Å². The Morgan fingerprint density at radius 2 is 1.66 bits per heavy atom. The number of piperidine rings is 1. The molecular formula is C42H39F2N9O5. The van der Waals surface area contributed by atoms with Crippen molar-refractivity contribution in [1.29, 1.82) is 0 Å². The van der Waals surface area contributed by atoms with Crippen molar-refractivity contribution in [3.63, 3.8) is 0 Å². The van der Waals surface area contributed by atoms with Crippen molar-refractivity contribution in [3.8, 4) is 11.3 Å². The van der Waals surface area contributed by atoms with Crippen molar-refractivity contribution in [2.75, 3.05) is 31.6 Å². The zero-order chi connectivity index (χ0) is 40.7. The highest BCUT2D eigenvalue weighted by Crippen LogP contribution is 2.35. The van der Waals surface area contributed by atoms with Crippen LogP contribution in [0, 0.1) is 25.5 Å². The Labute approximate surface area is 331 Å². The first-order valence-corrected chi connectivity index (χ1v) is 19.0. The van der Waals surface area contributed by atoms with Crippen LogP contribution in [0.2, 0.25) is 0 Å². The quantitative estimate of drug-likeness (QED) is 0.185. The average Bonchev–Trinajstić information content (AvgIpc) is 3.90. The lowest BCUT2D eigenvalue weighted by Gasteiger charge is -2.36. The number of anilines is 1. The van der Waals surface area contributed by atoms with Crippen LogP contribution in [0.5, 0.6) is 0 Å². The number of aromatic nitrogens is 6. The van der Waals surface area contributed by atoms with Gasteiger partial charge in [-0.25, -0.2) is 27.8 Å². The minimum absolute atomic E-state index is 0.00334. The second-order valence-electron chi connectivity index (χ2n) is 14.4. The summed E-state index contributed by atoms with van der Waals surface area (Å²) in [7, 11) is 0. The van der Waals surface area contributed by atoms with E-state index in [0.29, 0.717) is 54.1 Å². The molecule has 0 aliphatic carbocycles. The summed E-state index contributed by atoms with van der Waals surface area (Å²) in [5, 5.41) is 16.0. The van der Waals surface area contributed by atoms with Crippen LogP contribution in [0.25, 0.3) is 16.9 Å². The van der Waals surface area contributed by atoms with Crippen LogP contribution in [0.15, 0.2) is 79.1 Å². The van der Waals surface area contributed by atoms with E-state index < -0.39 is 29.6 Å². The monoisotopic (exact) mass is 787 g/mol. The third-order valence-electron chi connectivity index (χ3n) is 10.7. The molecule has 2 aliphatic rings. The highest BCUT2D eigenvalue weighted by atomic mass is 19.2. The minimum Gasteiger partial charge on any atom is -0.464 e. The summed E-state index contributed by atoms with van der Waals surface area (Å²) in [5.74, 6) is -3.92. The van der Waals surface area contributed by atoms with Crippen LogP contribution in [0.3, 0.4) is 0 Å². The molecule has 16 heteroatoms. The molecule has 0 saturated carbocycles. The number of ether oxygens (including phenoxy) is 1. The van der Waals surface area contributed by atoms with Gasteiger partial charge in [0.25, 0.3) is 17.7 Å². The summed E-state index contributed by atoms with van der Waals surface area (Å²) in [6, 6.07) is 16.5. The van der Waals surface area contributed by atoms with E-state index in [0.717, 1.165) is 23.0 Å². The van der Waals surface area contributed by atoms with Crippen molar-refractivity contribution in [2.45, 2.75) is 52.1 Å². The van der Waals surface area contributed by atoms with Gasteiger partial charge in [0.15, 0.2) is 23.3 Å². The summed E-state index contributed by atoms with van der Waals surface area (Å²) >= 11 is 0. The second kappa shape index (κ2) is 15.6. The molecule has 1 N–H and O–H groups in total. The first-order valence-electron chi connectivity index (χ1n) is 19.0. The van der Waals surface area contributed by atoms with Gasteiger partial charge in [0.05, 0.1) is 25.0 Å². The van der Waals surface area contributed by atoms with Gasteiger partial charge in [-0.15, -0.1) is 5.10 Å². The van der Waals surface area contributed by atoms with Crippen LogP contribution >= 0.6 is 0 Å². The van der Waals surface area contributed by atoms with Gasteiger partial charge in [-0.3, -0.25) is 14.4 Å². The van der Waals surface area contributed by atoms with Gasteiger partial charge < -0.3 is 19.9 Å². The molecule has 2 aliphatic heterocycles. The van der Waals surface area contributed by atoms with Crippen LogP contribution in [-0.4, -0.2) is 89.3 Å². The number of rotatable bonds is 8. The van der Waals surface area contributed by atoms with Crippen LogP contribution in [0.1, 0.15) is 85.4 Å². The highest BCUT2D eigenvalue weighted by molar-refractivity contribution is 6.08. The van der Waals surface area contributed by atoms with Gasteiger partial charge in [-0.1, -0.05) is 29.5 Å². The first kappa shape index (κ1) is 38.1. The number of amides is 3. The molecule has 1 atom stereocenters. The molecule has 1 unspecified atom stereocenters. The molecule has 3 amide bonds. The van der Waals surface area contributed by atoms with E-state index in [4.69, 9.17) is 4.74 Å². The Kier molecular flexibility index (Phi) is 10.2. The molecule has 3 aromatic heterocycles. The molecule has 8 rings (SSSR count). The van der Waals surface area contributed by atoms with E-state index in [1.165, 1.54) is 23.2 Å². The van der Waals surface area contributed by atoms with Crippen LogP contribution in [0.4, 0.5) is 14.5 Å². The third-order valence-corrected chi connectivity index (χ3v) is 10.7. The average molecular weight is 788 g/mol. The predicted octanol–water partition coefficient (Wildman–Crippen LogP) is 5.92. The normalized spacial score (nSPS) is 15.6. The number of fused-ring (bicyclic) bond motifs is 2. The minimum atomic E-state index is -1.27. The Hall–Kier alpha value is -6.84. The summed E-state index contributed by atoms with van der Waals surface area (Å²) in [5.41, 5.74) is 5.33. The fourth-order valence-corrected chi connectivity index (χ4v) is 7.75. The highest BCUT2D eigenvalue weighted by Gasteiger charge is 2.39. The summed E-state index contributed by atoms with van der Waals surface area (Å²) in [4.78, 5) is 61.3. The largest absolute Gasteiger partial charge is 0.464 e. The second-order valence-corrected chi connectivity index (χ2v) is 14.4. The molecule has 0 radical (unpaired) electrons. The maximum absolute atomic E-state index is 14.7. The van der Waals surface area contributed by atoms with Gasteiger partial charge >= 0.3 is 5.97 Å². The predicted molar refractivity (Wildman–Crippen MR) is 207 cm³/mol. The molecule has 1 fully saturated rings. The maximum atomic E-state index is 14.7. The van der Waals surface area contributed by atoms with Gasteiger partial charge in [0, 0.05) is 53.4 Å². The number of nitrogens with zero attached hydrogens (tertiary/aromatic N) is 8. The van der Waals surface area contributed by atoms with Gasteiger partial charge in [0.1, 0.15) is 11.3 Å². The summed E-state index contributed by atoms with van der Waals surface area (Å²) in [6.07, 6.45) is 4.64. The van der Waals surface area contributed by atoms with Crippen molar-refractivity contribution >= 4 is 35.0 Å². The Morgan fingerprint density at radius 1 is 0.914 bits per heavy atom. The number of likely N-dealkylation sites (tertiary alicyclic amines) is 1. The molecule has 3 aromatic carbocycles. The number of nitrogens with one attached hydrogen (secondary N) is 1.